The number of hydrogen-bond donors (Lipinski definition) is 1. The lowest BCUT2D eigenvalue weighted by Crippen LogP contribution is -2.30. The quantitative estimate of drug-likeness (QED) is 0.826. The predicted octanol–water partition coefficient (Wildman–Crippen LogP) is 1.80. The number of likely N-dealkylation sites (tertiary alicyclic amines) is 1. The number of carbonyl (C=O) groups is 2. The molecule has 1 aromatic rings. The van der Waals surface area contributed by atoms with E-state index in [9.17, 15) is 9.59 Å². The fourth-order valence-corrected chi connectivity index (χ4v) is 2.94. The van der Waals surface area contributed by atoms with Crippen molar-refractivity contribution in [2.24, 2.45) is 0 Å². The van der Waals surface area contributed by atoms with Gasteiger partial charge in [0.1, 0.15) is 0 Å². The van der Waals surface area contributed by atoms with Crippen molar-refractivity contribution in [3.8, 4) is 0 Å². The standard InChI is InChI=1S/C13H18N2O2S/c1-10-5-9-18-12(10)13(17)14-6-3-8-15-7-2-4-11(15)16/h5,9H,2-4,6-8H2,1H3,(H,14,17). The van der Waals surface area contributed by atoms with Crippen molar-refractivity contribution in [2.45, 2.75) is 26.2 Å². The molecule has 1 saturated heterocycles. The number of thiophene rings is 1. The first-order chi connectivity index (χ1) is 8.68. The van der Waals surface area contributed by atoms with Gasteiger partial charge < -0.3 is 10.2 Å². The van der Waals surface area contributed by atoms with Crippen molar-refractivity contribution in [1.82, 2.24) is 10.2 Å². The third-order valence-corrected chi connectivity index (χ3v) is 4.15. The Morgan fingerprint density at radius 2 is 2.39 bits per heavy atom. The number of aryl methyl sites for hydroxylation is 1. The first kappa shape index (κ1) is 13.1. The third-order valence-electron chi connectivity index (χ3n) is 3.13. The molecule has 0 aliphatic carbocycles. The van der Waals surface area contributed by atoms with Crippen molar-refractivity contribution in [3.05, 3.63) is 21.9 Å². The van der Waals surface area contributed by atoms with Gasteiger partial charge in [-0.25, -0.2) is 0 Å². The molecule has 2 rings (SSSR count). The molecule has 0 spiro atoms. The van der Waals surface area contributed by atoms with Crippen LogP contribution in [0.1, 0.15) is 34.5 Å². The molecule has 1 N–H and O–H groups in total. The van der Waals surface area contributed by atoms with Gasteiger partial charge in [-0.3, -0.25) is 9.59 Å². The van der Waals surface area contributed by atoms with Gasteiger partial charge in [-0.1, -0.05) is 0 Å². The Kier molecular flexibility index (Phi) is 4.36. The SMILES string of the molecule is Cc1ccsc1C(=O)NCCCN1CCCC1=O. The summed E-state index contributed by atoms with van der Waals surface area (Å²) in [6.45, 7) is 4.19. The van der Waals surface area contributed by atoms with Gasteiger partial charge in [0.05, 0.1) is 4.88 Å². The van der Waals surface area contributed by atoms with Crippen LogP contribution < -0.4 is 5.32 Å². The molecule has 5 heteroatoms. The Balaban J connectivity index is 1.68. The number of nitrogens with zero attached hydrogens (tertiary/aromatic N) is 1. The maximum absolute atomic E-state index is 11.8. The molecule has 1 fully saturated rings. The Morgan fingerprint density at radius 3 is 3.00 bits per heavy atom. The summed E-state index contributed by atoms with van der Waals surface area (Å²) in [5.74, 6) is 0.241. The predicted molar refractivity (Wildman–Crippen MR) is 71.8 cm³/mol. The van der Waals surface area contributed by atoms with E-state index in [0.717, 1.165) is 36.4 Å². The molecule has 0 aromatic carbocycles. The second-order valence-electron chi connectivity index (χ2n) is 4.53. The lowest BCUT2D eigenvalue weighted by Gasteiger charge is -2.15. The molecule has 0 unspecified atom stereocenters. The summed E-state index contributed by atoms with van der Waals surface area (Å²) in [5.41, 5.74) is 1.02. The summed E-state index contributed by atoms with van der Waals surface area (Å²) in [5, 5.41) is 4.82. The van der Waals surface area contributed by atoms with E-state index in [2.05, 4.69) is 5.32 Å². The summed E-state index contributed by atoms with van der Waals surface area (Å²) in [4.78, 5) is 25.8. The fraction of sp³-hybridized carbons (Fsp3) is 0.538. The van der Waals surface area contributed by atoms with Crippen LogP contribution in [0.3, 0.4) is 0 Å². The van der Waals surface area contributed by atoms with Crippen LogP contribution in [0.4, 0.5) is 0 Å². The third kappa shape index (κ3) is 3.10. The zero-order valence-corrected chi connectivity index (χ0v) is 11.4. The van der Waals surface area contributed by atoms with Gasteiger partial charge in [-0.2, -0.15) is 0 Å². The molecule has 1 aromatic heterocycles. The Bertz CT molecular complexity index is 442. The van der Waals surface area contributed by atoms with E-state index in [0.29, 0.717) is 13.0 Å². The van der Waals surface area contributed by atoms with Gasteiger partial charge >= 0.3 is 0 Å². The van der Waals surface area contributed by atoms with Crippen molar-refractivity contribution < 1.29 is 9.59 Å². The van der Waals surface area contributed by atoms with Crippen molar-refractivity contribution in [2.75, 3.05) is 19.6 Å². The van der Waals surface area contributed by atoms with Crippen LogP contribution in [-0.2, 0) is 4.79 Å². The van der Waals surface area contributed by atoms with Crippen molar-refractivity contribution >= 4 is 23.2 Å². The van der Waals surface area contributed by atoms with Crippen LogP contribution in [0.25, 0.3) is 0 Å². The minimum Gasteiger partial charge on any atom is -0.351 e. The second kappa shape index (κ2) is 6.00. The van der Waals surface area contributed by atoms with Gasteiger partial charge in [0, 0.05) is 26.1 Å². The first-order valence-corrected chi connectivity index (χ1v) is 7.16. The summed E-state index contributed by atoms with van der Waals surface area (Å²) in [6.07, 6.45) is 2.47. The molecule has 0 saturated carbocycles. The normalized spacial score (nSPS) is 15.2. The molecule has 0 atom stereocenters. The minimum atomic E-state index is -0.00440. The highest BCUT2D eigenvalue weighted by atomic mass is 32.1. The van der Waals surface area contributed by atoms with Crippen molar-refractivity contribution in [3.63, 3.8) is 0 Å². The lowest BCUT2D eigenvalue weighted by atomic mass is 10.3. The molecule has 2 heterocycles. The zero-order chi connectivity index (χ0) is 13.0. The van der Waals surface area contributed by atoms with E-state index in [1.807, 2.05) is 23.3 Å². The van der Waals surface area contributed by atoms with Gasteiger partial charge in [-0.15, -0.1) is 11.3 Å². The fourth-order valence-electron chi connectivity index (χ4n) is 2.10. The zero-order valence-electron chi connectivity index (χ0n) is 10.6. The Morgan fingerprint density at radius 1 is 1.56 bits per heavy atom. The molecule has 1 aliphatic rings. The van der Waals surface area contributed by atoms with E-state index in [-0.39, 0.29) is 11.8 Å². The molecule has 98 valence electrons. The summed E-state index contributed by atoms with van der Waals surface area (Å²) in [7, 11) is 0. The average Bonchev–Trinajstić information content (AvgIpc) is 2.94. The molecule has 2 amide bonds. The lowest BCUT2D eigenvalue weighted by molar-refractivity contribution is -0.127. The average molecular weight is 266 g/mol. The number of amides is 2. The molecular weight excluding hydrogens is 248 g/mol. The highest BCUT2D eigenvalue weighted by Gasteiger charge is 2.19. The molecule has 18 heavy (non-hydrogen) atoms. The van der Waals surface area contributed by atoms with Gasteiger partial charge in [0.2, 0.25) is 5.91 Å². The van der Waals surface area contributed by atoms with Gasteiger partial charge in [0.15, 0.2) is 0 Å². The van der Waals surface area contributed by atoms with Gasteiger partial charge in [-0.05, 0) is 36.8 Å². The van der Waals surface area contributed by atoms with Crippen LogP contribution in [0.15, 0.2) is 11.4 Å². The molecule has 1 aliphatic heterocycles. The van der Waals surface area contributed by atoms with Crippen LogP contribution >= 0.6 is 11.3 Å². The second-order valence-corrected chi connectivity index (χ2v) is 5.44. The van der Waals surface area contributed by atoms with E-state index in [1.54, 1.807) is 0 Å². The largest absolute Gasteiger partial charge is 0.351 e. The van der Waals surface area contributed by atoms with Crippen LogP contribution in [-0.4, -0.2) is 36.3 Å². The summed E-state index contributed by atoms with van der Waals surface area (Å²) >= 11 is 1.46. The maximum Gasteiger partial charge on any atom is 0.261 e. The molecule has 0 bridgehead atoms. The monoisotopic (exact) mass is 266 g/mol. The Hall–Kier alpha value is -1.36. The molecule has 4 nitrogen and oxygen atoms in total. The van der Waals surface area contributed by atoms with Crippen LogP contribution in [0.2, 0.25) is 0 Å². The number of carbonyl (C=O) groups excluding carboxylic acids is 2. The maximum atomic E-state index is 11.8. The number of hydrogen-bond acceptors (Lipinski definition) is 3. The summed E-state index contributed by atoms with van der Waals surface area (Å²) in [6, 6.07) is 1.95. The minimum absolute atomic E-state index is 0.00440. The summed E-state index contributed by atoms with van der Waals surface area (Å²) < 4.78 is 0. The molecule has 0 radical (unpaired) electrons. The van der Waals surface area contributed by atoms with Gasteiger partial charge in [0.25, 0.3) is 5.91 Å². The van der Waals surface area contributed by atoms with E-state index in [4.69, 9.17) is 0 Å². The number of nitrogens with one attached hydrogen (secondary N) is 1. The Labute approximate surface area is 111 Å². The molecular formula is C13H18N2O2S. The highest BCUT2D eigenvalue weighted by Crippen LogP contribution is 2.15. The smallest absolute Gasteiger partial charge is 0.261 e. The highest BCUT2D eigenvalue weighted by molar-refractivity contribution is 7.12. The topological polar surface area (TPSA) is 49.4 Å². The first-order valence-electron chi connectivity index (χ1n) is 6.28. The van der Waals surface area contributed by atoms with Crippen LogP contribution in [0.5, 0.6) is 0 Å². The van der Waals surface area contributed by atoms with E-state index < -0.39 is 0 Å². The van der Waals surface area contributed by atoms with Crippen LogP contribution in [0, 0.1) is 6.92 Å². The van der Waals surface area contributed by atoms with E-state index in [1.165, 1.54) is 11.3 Å². The van der Waals surface area contributed by atoms with E-state index >= 15 is 0 Å². The van der Waals surface area contributed by atoms with Crippen molar-refractivity contribution in [1.29, 1.82) is 0 Å². The number of rotatable bonds is 5.